The number of morpholine rings is 1. The highest BCUT2D eigenvalue weighted by Gasteiger charge is 2.26. The van der Waals surface area contributed by atoms with E-state index in [-0.39, 0.29) is 23.9 Å². The third kappa shape index (κ3) is 3.79. The predicted molar refractivity (Wildman–Crippen MR) is 94.1 cm³/mol. The van der Waals surface area contributed by atoms with Crippen molar-refractivity contribution >= 4 is 17.7 Å². The second kappa shape index (κ2) is 7.04. The Balaban J connectivity index is 1.66. The lowest BCUT2D eigenvalue weighted by Crippen LogP contribution is -2.48. The average Bonchev–Trinajstić information content (AvgIpc) is 3.05. The Hall–Kier alpha value is -2.07. The molecule has 0 saturated carbocycles. The second-order valence-electron chi connectivity index (χ2n) is 6.34. The Bertz CT molecular complexity index is 762. The number of thioether (sulfide) groups is 1. The van der Waals surface area contributed by atoms with Gasteiger partial charge < -0.3 is 15.5 Å². The van der Waals surface area contributed by atoms with E-state index >= 15 is 0 Å². The van der Waals surface area contributed by atoms with Crippen LogP contribution in [0, 0.1) is 13.8 Å². The van der Waals surface area contributed by atoms with Gasteiger partial charge >= 0.3 is 0 Å². The number of nitrogen functional groups attached to an aromatic ring is 1. The number of carbonyl (C=O) groups is 1. The van der Waals surface area contributed by atoms with Crippen LogP contribution in [-0.2, 0) is 9.53 Å². The quantitative estimate of drug-likeness (QED) is 0.622. The van der Waals surface area contributed by atoms with Gasteiger partial charge in [0.25, 0.3) is 5.95 Å². The molecule has 1 aliphatic rings. The molecule has 1 saturated heterocycles. The molecular weight excluding hydrogens is 342 g/mol. The van der Waals surface area contributed by atoms with Crippen molar-refractivity contribution in [3.63, 3.8) is 0 Å². The average molecular weight is 365 g/mol. The van der Waals surface area contributed by atoms with Crippen LogP contribution in [0.3, 0.4) is 0 Å². The molecule has 0 unspecified atom stereocenters. The molecule has 25 heavy (non-hydrogen) atoms. The molecule has 0 aromatic carbocycles. The van der Waals surface area contributed by atoms with Gasteiger partial charge in [0, 0.05) is 18.8 Å². The molecule has 10 heteroatoms. The fourth-order valence-electron chi connectivity index (χ4n) is 2.94. The Morgan fingerprint density at radius 2 is 2.00 bits per heavy atom. The van der Waals surface area contributed by atoms with E-state index in [2.05, 4.69) is 15.3 Å². The third-order valence-corrected chi connectivity index (χ3v) is 4.87. The number of nitrogens with two attached hydrogens (primary N) is 1. The summed E-state index contributed by atoms with van der Waals surface area (Å²) in [7, 11) is 0. The molecule has 0 bridgehead atoms. The van der Waals surface area contributed by atoms with Crippen molar-refractivity contribution in [2.45, 2.75) is 45.1 Å². The van der Waals surface area contributed by atoms with Crippen LogP contribution in [0.4, 0.5) is 0 Å². The van der Waals surface area contributed by atoms with E-state index in [1.807, 2.05) is 38.7 Å². The van der Waals surface area contributed by atoms with Gasteiger partial charge in [-0.05, 0) is 33.8 Å². The number of rotatable bonds is 4. The fraction of sp³-hybridized carbons (Fsp3) is 0.600. The summed E-state index contributed by atoms with van der Waals surface area (Å²) >= 11 is 1.27. The molecule has 2 atom stereocenters. The summed E-state index contributed by atoms with van der Waals surface area (Å²) in [5.41, 5.74) is 1.79. The minimum atomic E-state index is 0.0441. The number of aromatic nitrogens is 5. The first kappa shape index (κ1) is 17.7. The summed E-state index contributed by atoms with van der Waals surface area (Å²) in [6, 6.07) is 1.94. The summed E-state index contributed by atoms with van der Waals surface area (Å²) in [4.78, 5) is 14.3. The van der Waals surface area contributed by atoms with E-state index in [9.17, 15) is 4.79 Å². The number of ether oxygens (including phenoxy) is 1. The Morgan fingerprint density at radius 1 is 1.32 bits per heavy atom. The number of carbonyl (C=O) groups excluding carboxylic acids is 1. The van der Waals surface area contributed by atoms with Gasteiger partial charge in [0.15, 0.2) is 0 Å². The molecule has 1 fully saturated rings. The van der Waals surface area contributed by atoms with Crippen molar-refractivity contribution in [2.24, 2.45) is 0 Å². The van der Waals surface area contributed by atoms with Crippen LogP contribution >= 0.6 is 11.8 Å². The molecule has 1 aliphatic heterocycles. The van der Waals surface area contributed by atoms with E-state index in [4.69, 9.17) is 10.6 Å². The van der Waals surface area contributed by atoms with Crippen molar-refractivity contribution in [1.82, 2.24) is 29.6 Å². The van der Waals surface area contributed by atoms with Crippen molar-refractivity contribution in [3.05, 3.63) is 17.5 Å². The summed E-state index contributed by atoms with van der Waals surface area (Å²) in [6.07, 6.45) is 0.0991. The van der Waals surface area contributed by atoms with Gasteiger partial charge in [0.2, 0.25) is 11.1 Å². The summed E-state index contributed by atoms with van der Waals surface area (Å²) in [5.74, 6) is 6.81. The van der Waals surface area contributed by atoms with Crippen molar-refractivity contribution < 1.29 is 9.53 Å². The van der Waals surface area contributed by atoms with Crippen LogP contribution in [0.25, 0.3) is 5.95 Å². The van der Waals surface area contributed by atoms with E-state index in [1.165, 1.54) is 16.4 Å². The van der Waals surface area contributed by atoms with Crippen LogP contribution < -0.4 is 5.84 Å². The first-order valence-corrected chi connectivity index (χ1v) is 9.14. The van der Waals surface area contributed by atoms with Crippen LogP contribution in [0.5, 0.6) is 0 Å². The largest absolute Gasteiger partial charge is 0.372 e. The fourth-order valence-corrected chi connectivity index (χ4v) is 3.70. The standard InChI is InChI=1S/C15H23N7O2S/c1-9-5-10(2)22(19-9)14-17-18-15(21(14)16)25-8-13(23)20-6-11(3)24-12(4)7-20/h5,11-12H,6-8,16H2,1-4H3/t11-,12-/m0/s1. The maximum absolute atomic E-state index is 12.4. The lowest BCUT2D eigenvalue weighted by molar-refractivity contribution is -0.140. The molecule has 2 aromatic rings. The number of amides is 1. The molecule has 1 amide bonds. The van der Waals surface area contributed by atoms with Crippen molar-refractivity contribution in [1.29, 1.82) is 0 Å². The smallest absolute Gasteiger partial charge is 0.271 e. The Labute approximate surface area is 150 Å². The molecule has 9 nitrogen and oxygen atoms in total. The first-order chi connectivity index (χ1) is 11.8. The van der Waals surface area contributed by atoms with Crippen molar-refractivity contribution in [2.75, 3.05) is 24.7 Å². The highest BCUT2D eigenvalue weighted by atomic mass is 32.2. The van der Waals surface area contributed by atoms with Crippen LogP contribution in [0.2, 0.25) is 0 Å². The maximum atomic E-state index is 12.4. The minimum Gasteiger partial charge on any atom is -0.372 e. The van der Waals surface area contributed by atoms with Gasteiger partial charge in [-0.1, -0.05) is 11.8 Å². The highest BCUT2D eigenvalue weighted by molar-refractivity contribution is 7.99. The molecule has 0 aliphatic carbocycles. The molecule has 0 radical (unpaired) electrons. The maximum Gasteiger partial charge on any atom is 0.271 e. The number of hydrogen-bond acceptors (Lipinski definition) is 7. The normalized spacial score (nSPS) is 20.9. The van der Waals surface area contributed by atoms with E-state index in [0.29, 0.717) is 24.2 Å². The Morgan fingerprint density at radius 3 is 2.60 bits per heavy atom. The van der Waals surface area contributed by atoms with E-state index < -0.39 is 0 Å². The molecule has 0 spiro atoms. The molecule has 2 aromatic heterocycles. The van der Waals surface area contributed by atoms with Crippen LogP contribution in [-0.4, -0.2) is 66.5 Å². The second-order valence-corrected chi connectivity index (χ2v) is 7.28. The summed E-state index contributed by atoms with van der Waals surface area (Å²) in [6.45, 7) is 8.98. The van der Waals surface area contributed by atoms with Crippen molar-refractivity contribution in [3.8, 4) is 5.95 Å². The van der Waals surface area contributed by atoms with Gasteiger partial charge in [-0.15, -0.1) is 10.2 Å². The topological polar surface area (TPSA) is 104 Å². The van der Waals surface area contributed by atoms with E-state index in [1.54, 1.807) is 4.68 Å². The zero-order valence-corrected chi connectivity index (χ0v) is 15.7. The monoisotopic (exact) mass is 365 g/mol. The minimum absolute atomic E-state index is 0.0441. The zero-order chi connectivity index (χ0) is 18.1. The molecular formula is C15H23N7O2S. The molecule has 3 heterocycles. The summed E-state index contributed by atoms with van der Waals surface area (Å²) in [5, 5.41) is 13.0. The number of aryl methyl sites for hydroxylation is 2. The van der Waals surface area contributed by atoms with Crippen LogP contribution in [0.1, 0.15) is 25.2 Å². The molecule has 2 N–H and O–H groups in total. The van der Waals surface area contributed by atoms with Crippen LogP contribution in [0.15, 0.2) is 11.2 Å². The lowest BCUT2D eigenvalue weighted by Gasteiger charge is -2.35. The van der Waals surface area contributed by atoms with Gasteiger partial charge in [0.1, 0.15) is 0 Å². The highest BCUT2D eigenvalue weighted by Crippen LogP contribution is 2.19. The van der Waals surface area contributed by atoms with E-state index in [0.717, 1.165) is 11.4 Å². The van der Waals surface area contributed by atoms with Gasteiger partial charge in [-0.2, -0.15) is 5.10 Å². The number of hydrogen-bond donors (Lipinski definition) is 1. The first-order valence-electron chi connectivity index (χ1n) is 8.15. The third-order valence-electron chi connectivity index (χ3n) is 3.94. The predicted octanol–water partition coefficient (Wildman–Crippen LogP) is 0.522. The Kier molecular flexibility index (Phi) is 5.00. The summed E-state index contributed by atoms with van der Waals surface area (Å²) < 4.78 is 8.66. The molecule has 136 valence electrons. The SMILES string of the molecule is Cc1cc(C)n(-c2nnc(SCC(=O)N3C[C@H](C)O[C@@H](C)C3)n2N)n1. The molecule has 3 rings (SSSR count). The lowest BCUT2D eigenvalue weighted by atomic mass is 10.2. The van der Waals surface area contributed by atoms with Gasteiger partial charge in [0.05, 0.1) is 23.7 Å². The zero-order valence-electron chi connectivity index (χ0n) is 14.8. The number of nitrogens with zero attached hydrogens (tertiary/aromatic N) is 6. The van der Waals surface area contributed by atoms with Gasteiger partial charge in [-0.25, -0.2) is 9.36 Å². The van der Waals surface area contributed by atoms with Gasteiger partial charge in [-0.3, -0.25) is 4.79 Å².